The second kappa shape index (κ2) is 2.08. The monoisotopic (exact) mass is 154 g/mol. The quantitative estimate of drug-likeness (QED) is 0.558. The fourth-order valence-corrected chi connectivity index (χ4v) is 0.985. The van der Waals surface area contributed by atoms with Crippen molar-refractivity contribution in [1.82, 2.24) is 10.2 Å². The Kier molecular flexibility index (Phi) is 1.47. The third-order valence-corrected chi connectivity index (χ3v) is 1.78. The maximum Gasteiger partial charge on any atom is 0.329 e. The van der Waals surface area contributed by atoms with E-state index in [4.69, 9.17) is 0 Å². The van der Waals surface area contributed by atoms with Crippen molar-refractivity contribution in [2.75, 3.05) is 0 Å². The summed E-state index contributed by atoms with van der Waals surface area (Å²) < 4.78 is 0. The lowest BCUT2D eigenvalue weighted by Gasteiger charge is -2.23. The summed E-state index contributed by atoms with van der Waals surface area (Å²) in [6, 6.07) is -0.407. The Morgan fingerprint density at radius 1 is 1.55 bits per heavy atom. The van der Waals surface area contributed by atoms with E-state index < -0.39 is 11.6 Å². The van der Waals surface area contributed by atoms with E-state index in [9.17, 15) is 9.59 Å². The first kappa shape index (κ1) is 7.78. The molecule has 1 saturated heterocycles. The number of rotatable bonds is 1. The summed E-state index contributed by atoms with van der Waals surface area (Å²) >= 11 is 0. The molecule has 1 fully saturated rings. The molecule has 0 unspecified atom stereocenters. The molecular weight excluding hydrogens is 144 g/mol. The molecule has 0 bridgehead atoms. The molecule has 0 atom stereocenters. The first-order valence-electron chi connectivity index (χ1n) is 3.27. The number of amides is 3. The van der Waals surface area contributed by atoms with Crippen molar-refractivity contribution in [2.45, 2.75) is 19.4 Å². The zero-order valence-electron chi connectivity index (χ0n) is 6.55. The van der Waals surface area contributed by atoms with Crippen molar-refractivity contribution in [3.05, 3.63) is 12.8 Å². The maximum absolute atomic E-state index is 11.1. The van der Waals surface area contributed by atoms with Gasteiger partial charge in [0, 0.05) is 6.20 Å². The Morgan fingerprint density at radius 2 is 2.09 bits per heavy atom. The van der Waals surface area contributed by atoms with E-state index in [2.05, 4.69) is 11.9 Å². The number of nitrogens with one attached hydrogen (secondary N) is 1. The highest BCUT2D eigenvalue weighted by molar-refractivity contribution is 6.06. The van der Waals surface area contributed by atoms with Crippen molar-refractivity contribution in [2.24, 2.45) is 0 Å². The van der Waals surface area contributed by atoms with E-state index in [1.54, 1.807) is 13.8 Å². The van der Waals surface area contributed by atoms with Crippen molar-refractivity contribution < 1.29 is 9.59 Å². The van der Waals surface area contributed by atoms with E-state index in [0.29, 0.717) is 0 Å². The van der Waals surface area contributed by atoms with Crippen LogP contribution in [-0.4, -0.2) is 22.4 Å². The van der Waals surface area contributed by atoms with Crippen LogP contribution in [0.3, 0.4) is 0 Å². The van der Waals surface area contributed by atoms with Gasteiger partial charge in [-0.05, 0) is 13.8 Å². The molecule has 0 aliphatic carbocycles. The van der Waals surface area contributed by atoms with E-state index in [1.165, 1.54) is 11.1 Å². The van der Waals surface area contributed by atoms with Crippen molar-refractivity contribution in [3.63, 3.8) is 0 Å². The number of imide groups is 1. The van der Waals surface area contributed by atoms with Gasteiger partial charge < -0.3 is 0 Å². The van der Waals surface area contributed by atoms with Crippen molar-refractivity contribution in [1.29, 1.82) is 0 Å². The zero-order chi connectivity index (χ0) is 8.65. The minimum atomic E-state index is -0.793. The summed E-state index contributed by atoms with van der Waals surface area (Å²) in [5, 5.41) is 2.18. The fourth-order valence-electron chi connectivity index (χ4n) is 0.985. The number of nitrogens with zero attached hydrogens (tertiary/aromatic N) is 1. The SMILES string of the molecule is C=CN1C(=O)NC(=O)C1(C)C. The van der Waals surface area contributed by atoms with Gasteiger partial charge in [-0.3, -0.25) is 15.0 Å². The van der Waals surface area contributed by atoms with Crippen LogP contribution in [0.15, 0.2) is 12.8 Å². The molecule has 1 heterocycles. The molecule has 0 aromatic heterocycles. The van der Waals surface area contributed by atoms with Crippen LogP contribution in [0, 0.1) is 0 Å². The van der Waals surface area contributed by atoms with Gasteiger partial charge >= 0.3 is 6.03 Å². The predicted molar refractivity (Wildman–Crippen MR) is 39.7 cm³/mol. The van der Waals surface area contributed by atoms with Gasteiger partial charge in [0.2, 0.25) is 0 Å². The third kappa shape index (κ3) is 0.906. The first-order chi connectivity index (χ1) is 5.00. The van der Waals surface area contributed by atoms with Gasteiger partial charge in [0.05, 0.1) is 0 Å². The summed E-state index contributed by atoms with van der Waals surface area (Å²) in [6.07, 6.45) is 1.35. The lowest BCUT2D eigenvalue weighted by Crippen LogP contribution is -2.40. The van der Waals surface area contributed by atoms with Gasteiger partial charge in [-0.2, -0.15) is 0 Å². The van der Waals surface area contributed by atoms with Crippen LogP contribution >= 0.6 is 0 Å². The summed E-state index contributed by atoms with van der Waals surface area (Å²) in [5.74, 6) is -0.289. The number of carbonyl (C=O) groups excluding carboxylic acids is 2. The molecule has 60 valence electrons. The molecule has 1 aliphatic rings. The van der Waals surface area contributed by atoms with E-state index in [0.717, 1.165) is 0 Å². The van der Waals surface area contributed by atoms with Crippen LogP contribution in [0.4, 0.5) is 4.79 Å². The summed E-state index contributed by atoms with van der Waals surface area (Å²) in [4.78, 5) is 23.3. The van der Waals surface area contributed by atoms with E-state index in [1.807, 2.05) is 0 Å². The second-order valence-electron chi connectivity index (χ2n) is 2.87. The lowest BCUT2D eigenvalue weighted by atomic mass is 10.1. The van der Waals surface area contributed by atoms with Crippen molar-refractivity contribution >= 4 is 11.9 Å². The standard InChI is InChI=1S/C7H10N2O2/c1-4-9-6(11)8-5(10)7(9,2)3/h4H,1H2,2-3H3,(H,8,10,11). The van der Waals surface area contributed by atoms with Crippen LogP contribution in [0.25, 0.3) is 0 Å². The molecule has 3 amide bonds. The Labute approximate surface area is 64.9 Å². The number of urea groups is 1. The topological polar surface area (TPSA) is 49.4 Å². The molecule has 4 nitrogen and oxygen atoms in total. The summed E-state index contributed by atoms with van der Waals surface area (Å²) in [6.45, 7) is 6.76. The molecule has 11 heavy (non-hydrogen) atoms. The molecule has 0 aromatic carbocycles. The Morgan fingerprint density at radius 3 is 2.27 bits per heavy atom. The maximum atomic E-state index is 11.1. The molecule has 1 aliphatic heterocycles. The number of hydrogen-bond donors (Lipinski definition) is 1. The summed E-state index contributed by atoms with van der Waals surface area (Å²) in [7, 11) is 0. The second-order valence-corrected chi connectivity index (χ2v) is 2.87. The molecule has 0 spiro atoms. The number of hydrogen-bond acceptors (Lipinski definition) is 2. The fraction of sp³-hybridized carbons (Fsp3) is 0.429. The zero-order valence-corrected chi connectivity index (χ0v) is 6.55. The predicted octanol–water partition coefficient (Wildman–Crippen LogP) is 0.460. The summed E-state index contributed by atoms with van der Waals surface area (Å²) in [5.41, 5.74) is -0.793. The van der Waals surface area contributed by atoms with Crippen LogP contribution in [0.5, 0.6) is 0 Å². The Hall–Kier alpha value is -1.32. The van der Waals surface area contributed by atoms with E-state index in [-0.39, 0.29) is 5.91 Å². The normalized spacial score (nSPS) is 21.8. The lowest BCUT2D eigenvalue weighted by molar-refractivity contribution is -0.124. The minimum Gasteiger partial charge on any atom is -0.287 e. The van der Waals surface area contributed by atoms with Gasteiger partial charge in [-0.15, -0.1) is 0 Å². The molecule has 0 saturated carbocycles. The smallest absolute Gasteiger partial charge is 0.287 e. The average molecular weight is 154 g/mol. The highest BCUT2D eigenvalue weighted by Gasteiger charge is 2.44. The Balaban J connectivity index is 3.02. The molecule has 0 radical (unpaired) electrons. The largest absolute Gasteiger partial charge is 0.329 e. The molecule has 1 N–H and O–H groups in total. The molecule has 4 heteroatoms. The molecular formula is C7H10N2O2. The molecule has 1 rings (SSSR count). The van der Waals surface area contributed by atoms with Gasteiger partial charge in [0.15, 0.2) is 0 Å². The van der Waals surface area contributed by atoms with Crippen LogP contribution in [-0.2, 0) is 4.79 Å². The van der Waals surface area contributed by atoms with E-state index >= 15 is 0 Å². The van der Waals surface area contributed by atoms with Gasteiger partial charge in [0.25, 0.3) is 5.91 Å². The van der Waals surface area contributed by atoms with Gasteiger partial charge in [-0.25, -0.2) is 4.79 Å². The van der Waals surface area contributed by atoms with Crippen LogP contribution < -0.4 is 5.32 Å². The van der Waals surface area contributed by atoms with Crippen molar-refractivity contribution in [3.8, 4) is 0 Å². The Bertz CT molecular complexity index is 233. The van der Waals surface area contributed by atoms with Gasteiger partial charge in [-0.1, -0.05) is 6.58 Å². The number of carbonyl (C=O) groups is 2. The highest BCUT2D eigenvalue weighted by atomic mass is 16.2. The average Bonchev–Trinajstić information content (AvgIpc) is 2.04. The van der Waals surface area contributed by atoms with Crippen LogP contribution in [0.1, 0.15) is 13.8 Å². The van der Waals surface area contributed by atoms with Gasteiger partial charge in [0.1, 0.15) is 5.54 Å². The molecule has 0 aromatic rings. The highest BCUT2D eigenvalue weighted by Crippen LogP contribution is 2.20. The minimum absolute atomic E-state index is 0.289. The first-order valence-corrected chi connectivity index (χ1v) is 3.27. The third-order valence-electron chi connectivity index (χ3n) is 1.78. The van der Waals surface area contributed by atoms with Crippen LogP contribution in [0.2, 0.25) is 0 Å².